The molecule has 8 nitrogen and oxygen atoms in total. The Bertz CT molecular complexity index is 2300. The van der Waals surface area contributed by atoms with Gasteiger partial charge in [-0.2, -0.15) is 0 Å². The Kier molecular flexibility index (Phi) is 18.9. The van der Waals surface area contributed by atoms with Crippen LogP contribution < -0.4 is 11.1 Å². The Hall–Kier alpha value is -5.90. The van der Waals surface area contributed by atoms with E-state index in [4.69, 9.17) is 19.9 Å². The number of nitrogens with two attached hydrogens (primary N) is 1. The maximum atomic E-state index is 11.5. The van der Waals surface area contributed by atoms with E-state index < -0.39 is 0 Å². The van der Waals surface area contributed by atoms with E-state index in [0.717, 1.165) is 50.9 Å². The van der Waals surface area contributed by atoms with Crippen molar-refractivity contribution in [3.63, 3.8) is 0 Å². The maximum Gasteiger partial charge on any atom is 0.337 e. The number of hydrogen-bond donors (Lipinski definition) is 2. The van der Waals surface area contributed by atoms with E-state index in [9.17, 15) is 9.59 Å². The van der Waals surface area contributed by atoms with Crippen LogP contribution in [0.2, 0.25) is 0 Å². The van der Waals surface area contributed by atoms with Crippen molar-refractivity contribution in [2.24, 2.45) is 17.6 Å². The van der Waals surface area contributed by atoms with E-state index in [0.29, 0.717) is 48.4 Å². The lowest BCUT2D eigenvalue weighted by atomic mass is 10.0. The van der Waals surface area contributed by atoms with Gasteiger partial charge in [0.25, 0.3) is 0 Å². The molecular formula is C56H64N2O6. The molecule has 2 aliphatic rings. The molecule has 0 radical (unpaired) electrons. The first-order valence-corrected chi connectivity index (χ1v) is 22.6. The number of carbonyl (C=O) groups excluding carboxylic acids is 2. The summed E-state index contributed by atoms with van der Waals surface area (Å²) in [4.78, 5) is 22.4. The zero-order chi connectivity index (χ0) is 44.9. The summed E-state index contributed by atoms with van der Waals surface area (Å²) in [5, 5.41) is 3.56. The van der Waals surface area contributed by atoms with Gasteiger partial charge in [0, 0.05) is 6.54 Å². The van der Waals surface area contributed by atoms with Crippen molar-refractivity contribution in [2.75, 3.05) is 27.3 Å². The van der Waals surface area contributed by atoms with Gasteiger partial charge in [-0.3, -0.25) is 0 Å². The highest BCUT2D eigenvalue weighted by atomic mass is 16.5. The third-order valence-corrected chi connectivity index (χ3v) is 12.1. The van der Waals surface area contributed by atoms with Crippen molar-refractivity contribution in [3.05, 3.63) is 191 Å². The molecule has 334 valence electrons. The number of benzene rings is 6. The van der Waals surface area contributed by atoms with E-state index in [1.165, 1.54) is 66.0 Å². The molecule has 2 fully saturated rings. The van der Waals surface area contributed by atoms with Crippen molar-refractivity contribution in [1.82, 2.24) is 5.32 Å². The third-order valence-electron chi connectivity index (χ3n) is 12.1. The Morgan fingerprint density at radius 2 is 0.984 bits per heavy atom. The maximum absolute atomic E-state index is 11.5. The number of hydrogen-bond acceptors (Lipinski definition) is 8. The molecular weight excluding hydrogens is 797 g/mol. The first-order valence-electron chi connectivity index (χ1n) is 22.6. The lowest BCUT2D eigenvalue weighted by Crippen LogP contribution is -2.21. The Balaban J connectivity index is 0.000000181. The van der Waals surface area contributed by atoms with E-state index in [1.807, 2.05) is 55.5 Å². The van der Waals surface area contributed by atoms with E-state index in [1.54, 1.807) is 12.1 Å². The molecule has 64 heavy (non-hydrogen) atoms. The number of methoxy groups -OCH3 is 2. The standard InChI is InChI=1S/C28H31NO3.C19H23NO.C9H10O2/c1-31-28(30)24-14-11-21(12-15-24)18-29-19-22-13-16-26(17-22)32-20-25-9-5-6-10-27(25)23-7-3-2-4-8-23;20-13-15-10-11-18(12-15)21-14-17-8-4-5-9-19(17)16-6-2-1-3-7-16;1-7-3-5-8(6-4-7)9(10)11-2/h2-12,14-15,22,26,29H,13,16-20H2,1H3;1-9,15,18H,10-14,20H2;3-6H,1-2H3/t22-,26?;15-,18-;/m00./s1. The third kappa shape index (κ3) is 14.6. The summed E-state index contributed by atoms with van der Waals surface area (Å²) in [7, 11) is 2.78. The van der Waals surface area contributed by atoms with Crippen molar-refractivity contribution in [1.29, 1.82) is 0 Å². The molecule has 4 atom stereocenters. The molecule has 2 saturated carbocycles. The summed E-state index contributed by atoms with van der Waals surface area (Å²) in [5.74, 6) is 0.705. The van der Waals surface area contributed by atoms with Crippen LogP contribution in [0.4, 0.5) is 0 Å². The average molecular weight is 861 g/mol. The van der Waals surface area contributed by atoms with Gasteiger partial charge < -0.3 is 30.0 Å². The van der Waals surface area contributed by atoms with Crippen LogP contribution in [0.25, 0.3) is 22.3 Å². The first-order chi connectivity index (χ1) is 31.3. The minimum Gasteiger partial charge on any atom is -0.465 e. The first kappa shape index (κ1) is 47.6. The van der Waals surface area contributed by atoms with Crippen LogP contribution in [-0.4, -0.2) is 51.5 Å². The van der Waals surface area contributed by atoms with Crippen LogP contribution in [0.5, 0.6) is 0 Å². The highest BCUT2D eigenvalue weighted by Gasteiger charge is 2.26. The fraction of sp³-hybridized carbons (Fsp3) is 0.321. The van der Waals surface area contributed by atoms with Crippen LogP contribution in [0.1, 0.15) is 81.5 Å². The summed E-state index contributed by atoms with van der Waals surface area (Å²) in [5.41, 5.74) is 16.8. The van der Waals surface area contributed by atoms with E-state index in [2.05, 4.69) is 107 Å². The number of ether oxygens (including phenoxy) is 4. The fourth-order valence-electron chi connectivity index (χ4n) is 8.37. The normalized spacial score (nSPS) is 17.6. The smallest absolute Gasteiger partial charge is 0.337 e. The van der Waals surface area contributed by atoms with Crippen LogP contribution >= 0.6 is 0 Å². The number of nitrogens with one attached hydrogen (secondary N) is 1. The molecule has 1 unspecified atom stereocenters. The second-order valence-corrected chi connectivity index (χ2v) is 16.7. The second-order valence-electron chi connectivity index (χ2n) is 16.7. The predicted octanol–water partition coefficient (Wildman–Crippen LogP) is 11.4. The minimum atomic E-state index is -0.298. The summed E-state index contributed by atoms with van der Waals surface area (Å²) in [6, 6.07) is 52.9. The summed E-state index contributed by atoms with van der Waals surface area (Å²) in [6.07, 6.45) is 7.59. The van der Waals surface area contributed by atoms with Gasteiger partial charge >= 0.3 is 11.9 Å². The van der Waals surface area contributed by atoms with Gasteiger partial charge in [-0.15, -0.1) is 0 Å². The highest BCUT2D eigenvalue weighted by Crippen LogP contribution is 2.31. The SMILES string of the molecule is COC(=O)c1ccc(C)cc1.COC(=O)c1ccc(CNC[C@H]2CCC(OCc3ccccc3-c3ccccc3)C2)cc1.NC[C@H]1CC[C@H](OCc2ccccc2-c2ccccc2)C1. The largest absolute Gasteiger partial charge is 0.465 e. The number of rotatable bonds is 15. The molecule has 2 aliphatic carbocycles. The van der Waals surface area contributed by atoms with Crippen molar-refractivity contribution in [3.8, 4) is 22.3 Å². The fourth-order valence-corrected chi connectivity index (χ4v) is 8.37. The zero-order valence-electron chi connectivity index (χ0n) is 37.6. The van der Waals surface area contributed by atoms with Gasteiger partial charge in [0.15, 0.2) is 0 Å². The average Bonchev–Trinajstić information content (AvgIpc) is 4.03. The lowest BCUT2D eigenvalue weighted by molar-refractivity contribution is 0.0431. The van der Waals surface area contributed by atoms with Gasteiger partial charge in [-0.25, -0.2) is 9.59 Å². The molecule has 0 saturated heterocycles. The zero-order valence-corrected chi connectivity index (χ0v) is 37.6. The van der Waals surface area contributed by atoms with Crippen molar-refractivity contribution < 1.29 is 28.5 Å². The van der Waals surface area contributed by atoms with Crippen LogP contribution in [0.3, 0.4) is 0 Å². The molecule has 0 bridgehead atoms. The van der Waals surface area contributed by atoms with Gasteiger partial charge in [-0.05, 0) is 134 Å². The Morgan fingerprint density at radius 1 is 0.547 bits per heavy atom. The van der Waals surface area contributed by atoms with Crippen LogP contribution in [0.15, 0.2) is 158 Å². The highest BCUT2D eigenvalue weighted by molar-refractivity contribution is 5.89. The van der Waals surface area contributed by atoms with E-state index >= 15 is 0 Å². The molecule has 8 heteroatoms. The Labute approximate surface area is 380 Å². The van der Waals surface area contributed by atoms with Crippen molar-refractivity contribution in [2.45, 2.75) is 77.4 Å². The summed E-state index contributed by atoms with van der Waals surface area (Å²) in [6.45, 7) is 5.89. The number of aryl methyl sites for hydroxylation is 1. The lowest BCUT2D eigenvalue weighted by Gasteiger charge is -2.15. The second kappa shape index (κ2) is 25.4. The van der Waals surface area contributed by atoms with Gasteiger partial charge in [0.05, 0.1) is 50.8 Å². The summed E-state index contributed by atoms with van der Waals surface area (Å²) < 4.78 is 21.7. The topological polar surface area (TPSA) is 109 Å². The molecule has 0 amide bonds. The van der Waals surface area contributed by atoms with Crippen LogP contribution in [-0.2, 0) is 38.7 Å². The predicted molar refractivity (Wildman–Crippen MR) is 257 cm³/mol. The van der Waals surface area contributed by atoms with Gasteiger partial charge in [0.1, 0.15) is 0 Å². The molecule has 0 aromatic heterocycles. The van der Waals surface area contributed by atoms with Crippen molar-refractivity contribution >= 4 is 11.9 Å². The van der Waals surface area contributed by atoms with E-state index in [-0.39, 0.29) is 11.9 Å². The molecule has 0 aliphatic heterocycles. The molecule has 0 heterocycles. The molecule has 0 spiro atoms. The monoisotopic (exact) mass is 860 g/mol. The van der Waals surface area contributed by atoms with Gasteiger partial charge in [-0.1, -0.05) is 139 Å². The Morgan fingerprint density at radius 3 is 1.45 bits per heavy atom. The molecule has 6 aromatic carbocycles. The van der Waals surface area contributed by atoms with Gasteiger partial charge in [0.2, 0.25) is 0 Å². The summed E-state index contributed by atoms with van der Waals surface area (Å²) >= 11 is 0. The molecule has 8 rings (SSSR count). The number of carbonyl (C=O) groups is 2. The quantitative estimate of drug-likeness (QED) is 0.0983. The molecule has 3 N–H and O–H groups in total. The molecule has 6 aromatic rings. The number of esters is 2. The van der Waals surface area contributed by atoms with Crippen LogP contribution in [0, 0.1) is 18.8 Å². The minimum absolute atomic E-state index is 0.287.